The molecule has 1 atom stereocenters. The zero-order valence-electron chi connectivity index (χ0n) is 19.7. The third-order valence-corrected chi connectivity index (χ3v) is 5.33. The first-order valence-corrected chi connectivity index (χ1v) is 11.2. The average molecular weight is 472 g/mol. The number of hydrogen-bond donors (Lipinski definition) is 1. The Kier molecular flexibility index (Phi) is 8.92. The molecule has 3 rings (SSSR count). The maximum Gasteiger partial charge on any atom is 0.227 e. The SMILES string of the molecule is C=CCOC[C@H](O)CN(Cc1c(C)nn(-c2ccc(F)cc2)c1Oc1ccccc1F)C(C)C. The molecule has 2 aromatic carbocycles. The molecule has 1 heterocycles. The fourth-order valence-corrected chi connectivity index (χ4v) is 3.49. The highest BCUT2D eigenvalue weighted by molar-refractivity contribution is 5.43. The molecule has 0 fully saturated rings. The van der Waals surface area contributed by atoms with Gasteiger partial charge in [0.1, 0.15) is 5.82 Å². The van der Waals surface area contributed by atoms with E-state index in [1.165, 1.54) is 24.3 Å². The van der Waals surface area contributed by atoms with Crippen molar-refractivity contribution in [3.8, 4) is 17.3 Å². The number of rotatable bonds is 12. The molecule has 34 heavy (non-hydrogen) atoms. The monoisotopic (exact) mass is 471 g/mol. The third kappa shape index (κ3) is 6.50. The minimum absolute atomic E-state index is 0.0565. The number of benzene rings is 2. The smallest absolute Gasteiger partial charge is 0.227 e. The standard InChI is InChI=1S/C26H31F2N3O3/c1-5-14-33-17-22(32)15-30(18(2)3)16-23-19(4)29-31(21-12-10-20(27)11-13-21)26(23)34-25-9-7-6-8-24(25)28/h5-13,18,22,32H,1,14-17H2,2-4H3/t22-/m1/s1. The molecule has 1 N–H and O–H groups in total. The maximum absolute atomic E-state index is 14.4. The summed E-state index contributed by atoms with van der Waals surface area (Å²) in [5, 5.41) is 15.1. The van der Waals surface area contributed by atoms with Crippen LogP contribution in [0.5, 0.6) is 11.6 Å². The van der Waals surface area contributed by atoms with Crippen LogP contribution >= 0.6 is 0 Å². The zero-order chi connectivity index (χ0) is 24.7. The third-order valence-electron chi connectivity index (χ3n) is 5.33. The first-order valence-electron chi connectivity index (χ1n) is 11.2. The van der Waals surface area contributed by atoms with Gasteiger partial charge in [0.2, 0.25) is 5.88 Å². The van der Waals surface area contributed by atoms with E-state index in [9.17, 15) is 13.9 Å². The molecule has 0 amide bonds. The molecular weight excluding hydrogens is 440 g/mol. The Labute approximate surface area is 199 Å². The second-order valence-electron chi connectivity index (χ2n) is 8.29. The number of aliphatic hydroxyl groups is 1. The predicted octanol–water partition coefficient (Wildman–Crippen LogP) is 5.03. The summed E-state index contributed by atoms with van der Waals surface area (Å²) in [4.78, 5) is 2.06. The van der Waals surface area contributed by atoms with Gasteiger partial charge in [-0.3, -0.25) is 4.90 Å². The summed E-state index contributed by atoms with van der Waals surface area (Å²) in [6.45, 7) is 10.8. The Morgan fingerprint density at radius 1 is 1.15 bits per heavy atom. The van der Waals surface area contributed by atoms with Crippen LogP contribution in [0.2, 0.25) is 0 Å². The van der Waals surface area contributed by atoms with Gasteiger partial charge in [-0.2, -0.15) is 5.10 Å². The van der Waals surface area contributed by atoms with E-state index in [2.05, 4.69) is 16.6 Å². The molecule has 0 bridgehead atoms. The molecule has 1 aromatic heterocycles. The first-order chi connectivity index (χ1) is 16.3. The summed E-state index contributed by atoms with van der Waals surface area (Å²) < 4.78 is 40.9. The molecule has 6 nitrogen and oxygen atoms in total. The van der Waals surface area contributed by atoms with E-state index in [1.54, 1.807) is 35.0 Å². The quantitative estimate of drug-likeness (QED) is 0.297. The number of ether oxygens (including phenoxy) is 2. The van der Waals surface area contributed by atoms with Gasteiger partial charge in [-0.05, 0) is 57.2 Å². The largest absolute Gasteiger partial charge is 0.435 e. The summed E-state index contributed by atoms with van der Waals surface area (Å²) in [6, 6.07) is 12.0. The van der Waals surface area contributed by atoms with Crippen LogP contribution < -0.4 is 4.74 Å². The number of halogens is 2. The summed E-state index contributed by atoms with van der Waals surface area (Å²) in [5.74, 6) is -0.491. The molecule has 8 heteroatoms. The molecule has 0 spiro atoms. The van der Waals surface area contributed by atoms with Crippen molar-refractivity contribution in [3.63, 3.8) is 0 Å². The van der Waals surface area contributed by atoms with Crippen molar-refractivity contribution in [2.75, 3.05) is 19.8 Å². The summed E-state index contributed by atoms with van der Waals surface area (Å²) in [6.07, 6.45) is 0.928. The predicted molar refractivity (Wildman–Crippen MR) is 127 cm³/mol. The Balaban J connectivity index is 1.97. The van der Waals surface area contributed by atoms with Crippen LogP contribution in [-0.2, 0) is 11.3 Å². The first kappa shape index (κ1) is 25.6. The zero-order valence-corrected chi connectivity index (χ0v) is 19.7. The van der Waals surface area contributed by atoms with E-state index >= 15 is 0 Å². The Morgan fingerprint density at radius 2 is 1.85 bits per heavy atom. The molecular formula is C26H31F2N3O3. The van der Waals surface area contributed by atoms with Crippen molar-refractivity contribution in [1.29, 1.82) is 0 Å². The second-order valence-corrected chi connectivity index (χ2v) is 8.29. The number of aromatic nitrogens is 2. The highest BCUT2D eigenvalue weighted by atomic mass is 19.1. The van der Waals surface area contributed by atoms with Crippen LogP contribution in [0.1, 0.15) is 25.1 Å². The topological polar surface area (TPSA) is 59.8 Å². The van der Waals surface area contributed by atoms with Gasteiger partial charge in [0.05, 0.1) is 36.3 Å². The molecule has 0 aliphatic carbocycles. The maximum atomic E-state index is 14.4. The Bertz CT molecular complexity index is 1080. The highest BCUT2D eigenvalue weighted by Crippen LogP contribution is 2.33. The van der Waals surface area contributed by atoms with Crippen molar-refractivity contribution in [3.05, 3.63) is 84.1 Å². The van der Waals surface area contributed by atoms with E-state index in [4.69, 9.17) is 9.47 Å². The van der Waals surface area contributed by atoms with Gasteiger partial charge in [0.15, 0.2) is 11.6 Å². The van der Waals surface area contributed by atoms with Crippen LogP contribution in [0.15, 0.2) is 61.2 Å². The minimum atomic E-state index is -0.703. The summed E-state index contributed by atoms with van der Waals surface area (Å²) >= 11 is 0. The number of aryl methyl sites for hydroxylation is 1. The van der Waals surface area contributed by atoms with E-state index in [0.29, 0.717) is 37.0 Å². The number of nitrogens with zero attached hydrogens (tertiary/aromatic N) is 3. The van der Waals surface area contributed by atoms with Gasteiger partial charge in [0.25, 0.3) is 0 Å². The fourth-order valence-electron chi connectivity index (χ4n) is 3.49. The Morgan fingerprint density at radius 3 is 2.50 bits per heavy atom. The molecule has 0 unspecified atom stereocenters. The van der Waals surface area contributed by atoms with Crippen LogP contribution in [0.3, 0.4) is 0 Å². The van der Waals surface area contributed by atoms with E-state index in [1.807, 2.05) is 20.8 Å². The molecule has 0 radical (unpaired) electrons. The van der Waals surface area contributed by atoms with Gasteiger partial charge >= 0.3 is 0 Å². The number of hydrogen-bond acceptors (Lipinski definition) is 5. The van der Waals surface area contributed by atoms with Crippen molar-refractivity contribution in [2.24, 2.45) is 0 Å². The lowest BCUT2D eigenvalue weighted by Crippen LogP contribution is -2.39. The summed E-state index contributed by atoms with van der Waals surface area (Å²) in [5.41, 5.74) is 2.00. The molecule has 0 aliphatic rings. The molecule has 3 aromatic rings. The molecule has 182 valence electrons. The van der Waals surface area contributed by atoms with Gasteiger partial charge in [0, 0.05) is 19.1 Å². The molecule has 0 saturated heterocycles. The number of para-hydroxylation sites is 1. The average Bonchev–Trinajstić information content (AvgIpc) is 3.10. The van der Waals surface area contributed by atoms with Crippen LogP contribution in [-0.4, -0.2) is 51.7 Å². The molecule has 0 aliphatic heterocycles. The van der Waals surface area contributed by atoms with Crippen LogP contribution in [0.25, 0.3) is 5.69 Å². The van der Waals surface area contributed by atoms with E-state index in [0.717, 1.165) is 5.56 Å². The van der Waals surface area contributed by atoms with Crippen LogP contribution in [0, 0.1) is 18.6 Å². The second kappa shape index (κ2) is 11.9. The van der Waals surface area contributed by atoms with Crippen LogP contribution in [0.4, 0.5) is 8.78 Å². The van der Waals surface area contributed by atoms with Gasteiger partial charge in [-0.15, -0.1) is 6.58 Å². The Hall–Kier alpha value is -3.07. The van der Waals surface area contributed by atoms with Crippen molar-refractivity contribution in [1.82, 2.24) is 14.7 Å². The lowest BCUT2D eigenvalue weighted by molar-refractivity contribution is 0.0176. The van der Waals surface area contributed by atoms with E-state index in [-0.39, 0.29) is 24.2 Å². The normalized spacial score (nSPS) is 12.4. The lowest BCUT2D eigenvalue weighted by Gasteiger charge is -2.29. The molecule has 0 saturated carbocycles. The van der Waals surface area contributed by atoms with E-state index < -0.39 is 11.9 Å². The fraction of sp³-hybridized carbons (Fsp3) is 0.346. The number of aliphatic hydroxyl groups excluding tert-OH is 1. The van der Waals surface area contributed by atoms with Crippen molar-refractivity contribution >= 4 is 0 Å². The van der Waals surface area contributed by atoms with Gasteiger partial charge < -0.3 is 14.6 Å². The van der Waals surface area contributed by atoms with Crippen molar-refractivity contribution < 1.29 is 23.4 Å². The lowest BCUT2D eigenvalue weighted by atomic mass is 10.2. The van der Waals surface area contributed by atoms with Crippen molar-refractivity contribution in [2.45, 2.75) is 39.5 Å². The van der Waals surface area contributed by atoms with Gasteiger partial charge in [-0.1, -0.05) is 18.2 Å². The van der Waals surface area contributed by atoms with Gasteiger partial charge in [-0.25, -0.2) is 13.5 Å². The minimum Gasteiger partial charge on any atom is -0.435 e. The summed E-state index contributed by atoms with van der Waals surface area (Å²) in [7, 11) is 0. The highest BCUT2D eigenvalue weighted by Gasteiger charge is 2.24.